The fourth-order valence-corrected chi connectivity index (χ4v) is 12.5. The Morgan fingerprint density at radius 2 is 0.797 bits per heavy atom. The van der Waals surface area contributed by atoms with E-state index in [0.29, 0.717) is 0 Å². The monoisotopic (exact) mass is 814 g/mol. The molecule has 300 valence electrons. The van der Waals surface area contributed by atoms with E-state index < -0.39 is 0 Å². The summed E-state index contributed by atoms with van der Waals surface area (Å²) in [4.78, 5) is 0. The lowest BCUT2D eigenvalue weighted by Gasteiger charge is -2.23. The molecule has 0 saturated carbocycles. The minimum Gasteiger partial charge on any atom is -0.309 e. The van der Waals surface area contributed by atoms with E-state index in [1.807, 2.05) is 0 Å². The van der Waals surface area contributed by atoms with Crippen molar-refractivity contribution in [2.45, 2.75) is 38.5 Å². The van der Waals surface area contributed by atoms with Crippen molar-refractivity contribution in [2.75, 3.05) is 0 Å². The molecule has 64 heavy (non-hydrogen) atoms. The van der Waals surface area contributed by atoms with Crippen LogP contribution in [0.3, 0.4) is 0 Å². The quantitative estimate of drug-likeness (QED) is 0.167. The zero-order valence-corrected chi connectivity index (χ0v) is 35.5. The van der Waals surface area contributed by atoms with Crippen molar-refractivity contribution >= 4 is 65.2 Å². The first-order valence-electron chi connectivity index (χ1n) is 23.1. The van der Waals surface area contributed by atoms with Gasteiger partial charge in [0.2, 0.25) is 0 Å². The molecule has 0 fully saturated rings. The average Bonchev–Trinajstić information content (AvgIpc) is 4.13. The Hall–Kier alpha value is -7.68. The van der Waals surface area contributed by atoms with Crippen LogP contribution < -0.4 is 0 Å². The van der Waals surface area contributed by atoms with Gasteiger partial charge in [-0.3, -0.25) is 0 Å². The van der Waals surface area contributed by atoms with Gasteiger partial charge in [0, 0.05) is 32.9 Å². The molecule has 2 aromatic heterocycles. The summed E-state index contributed by atoms with van der Waals surface area (Å²) in [5.74, 6) is 0. The largest absolute Gasteiger partial charge is 0.309 e. The van der Waals surface area contributed by atoms with Gasteiger partial charge in [0.25, 0.3) is 0 Å². The van der Waals surface area contributed by atoms with Crippen molar-refractivity contribution in [3.63, 3.8) is 0 Å². The maximum atomic E-state index is 2.55. The number of fused-ring (bicyclic) bond motifs is 10. The Labute approximate surface area is 371 Å². The summed E-state index contributed by atoms with van der Waals surface area (Å²) in [5.41, 5.74) is 24.2. The van der Waals surface area contributed by atoms with Gasteiger partial charge in [-0.05, 0) is 187 Å². The van der Waals surface area contributed by atoms with Crippen molar-refractivity contribution in [3.8, 4) is 44.8 Å². The van der Waals surface area contributed by atoms with Crippen LogP contribution in [-0.4, -0.2) is 9.13 Å². The second-order valence-electron chi connectivity index (χ2n) is 18.5. The van der Waals surface area contributed by atoms with Gasteiger partial charge in [-0.15, -0.1) is 0 Å². The topological polar surface area (TPSA) is 9.86 Å². The third-order valence-corrected chi connectivity index (χ3v) is 15.4. The summed E-state index contributed by atoms with van der Waals surface area (Å²) < 4.78 is 5.05. The van der Waals surface area contributed by atoms with Crippen LogP contribution in [0.15, 0.2) is 182 Å². The molecule has 0 radical (unpaired) electrons. The lowest BCUT2D eigenvalue weighted by Crippen LogP contribution is -2.07. The molecule has 0 saturated heterocycles. The van der Waals surface area contributed by atoms with E-state index in [-0.39, 0.29) is 0 Å². The van der Waals surface area contributed by atoms with Gasteiger partial charge in [0.15, 0.2) is 0 Å². The van der Waals surface area contributed by atoms with E-state index in [0.717, 1.165) is 38.5 Å². The van der Waals surface area contributed by atoms with E-state index in [4.69, 9.17) is 0 Å². The van der Waals surface area contributed by atoms with Crippen LogP contribution in [-0.2, 0) is 38.5 Å². The minimum atomic E-state index is 0.985. The van der Waals surface area contributed by atoms with Crippen LogP contribution in [0, 0.1) is 0 Å². The third-order valence-electron chi connectivity index (χ3n) is 15.4. The molecule has 15 rings (SSSR count). The van der Waals surface area contributed by atoms with Gasteiger partial charge in [0.05, 0.1) is 22.1 Å². The van der Waals surface area contributed by atoms with Crippen molar-refractivity contribution < 1.29 is 0 Å². The van der Waals surface area contributed by atoms with Crippen LogP contribution in [0.5, 0.6) is 0 Å². The predicted octanol–water partition coefficient (Wildman–Crippen LogP) is 15.5. The highest BCUT2D eigenvalue weighted by Gasteiger charge is 2.27. The number of para-hydroxylation sites is 2. The molecule has 10 aromatic carbocycles. The lowest BCUT2D eigenvalue weighted by atomic mass is 9.83. The number of aromatic nitrogens is 2. The molecule has 0 bridgehead atoms. The highest BCUT2D eigenvalue weighted by atomic mass is 15.0. The number of nitrogens with zero attached hydrogens (tertiary/aromatic N) is 2. The Kier molecular flexibility index (Phi) is 7.05. The molecule has 2 heterocycles. The van der Waals surface area contributed by atoms with Gasteiger partial charge >= 0.3 is 0 Å². The first kappa shape index (κ1) is 34.9. The standard InChI is InChI=1S/C62H42N2/c1-3-11-44(12-4-1)63-57-31-24-42(47-27-22-40-20-18-38-10-8-16-50(47)61(38)40)34-55(57)56-35-43-23-28-51-48(53(43)36-59(56)63)29-30-52-54-33-41(25-32-58(54)64(62(51)52)45-13-5-2-6-14-45)46-26-21-39-19-17-37-9-7-15-49(46)60(37)39/h1-16,21-22,24-27,29-36H,17-20,23,28H2. The molecule has 12 aromatic rings. The maximum Gasteiger partial charge on any atom is 0.0579 e. The molecule has 0 atom stereocenters. The number of aryl methyl sites for hydroxylation is 6. The normalized spacial score (nSPS) is 13.9. The van der Waals surface area contributed by atoms with Crippen molar-refractivity contribution in [2.24, 2.45) is 0 Å². The van der Waals surface area contributed by atoms with Gasteiger partial charge in [-0.2, -0.15) is 0 Å². The maximum absolute atomic E-state index is 2.55. The zero-order chi connectivity index (χ0) is 41.6. The van der Waals surface area contributed by atoms with E-state index in [9.17, 15) is 0 Å². The molecule has 0 spiro atoms. The van der Waals surface area contributed by atoms with Gasteiger partial charge in [-0.25, -0.2) is 0 Å². The summed E-state index contributed by atoms with van der Waals surface area (Å²) in [6.07, 6.45) is 6.54. The van der Waals surface area contributed by atoms with Crippen LogP contribution in [0.1, 0.15) is 33.4 Å². The van der Waals surface area contributed by atoms with Gasteiger partial charge in [-0.1, -0.05) is 121 Å². The highest BCUT2D eigenvalue weighted by Crippen LogP contribution is 2.47. The SMILES string of the molecule is c1ccc(-n2c3ccc(-c4ccc5c6c(cccc46)CC5)cc3c3cc4c(cc32)-c2ccc3c5cc(-c6ccc7c8c(cccc68)CC7)ccc5n(-c5ccccc5)c3c2CC4)cc1. The zero-order valence-electron chi connectivity index (χ0n) is 35.5. The van der Waals surface area contributed by atoms with E-state index in [2.05, 4.69) is 191 Å². The summed E-state index contributed by atoms with van der Waals surface area (Å²) >= 11 is 0. The van der Waals surface area contributed by atoms with Crippen molar-refractivity contribution in [3.05, 3.63) is 215 Å². The van der Waals surface area contributed by atoms with Crippen LogP contribution in [0.2, 0.25) is 0 Å². The Bertz CT molecular complexity index is 3870. The number of benzene rings is 10. The van der Waals surface area contributed by atoms with E-state index in [1.165, 1.54) is 143 Å². The van der Waals surface area contributed by atoms with E-state index >= 15 is 0 Å². The Morgan fingerprint density at radius 3 is 1.42 bits per heavy atom. The molecule has 3 aliphatic carbocycles. The smallest absolute Gasteiger partial charge is 0.0579 e. The van der Waals surface area contributed by atoms with Gasteiger partial charge < -0.3 is 9.13 Å². The fourth-order valence-electron chi connectivity index (χ4n) is 12.5. The molecule has 3 aliphatic rings. The molecular formula is C62H42N2. The Balaban J connectivity index is 0.956. The summed E-state index contributed by atoms with van der Waals surface area (Å²) in [6, 6.07) is 69.6. The predicted molar refractivity (Wildman–Crippen MR) is 269 cm³/mol. The summed E-state index contributed by atoms with van der Waals surface area (Å²) in [6.45, 7) is 0. The fraction of sp³-hybridized carbons (Fsp3) is 0.0968. The second kappa shape index (κ2) is 12.9. The van der Waals surface area contributed by atoms with Crippen molar-refractivity contribution in [1.29, 1.82) is 0 Å². The van der Waals surface area contributed by atoms with Crippen molar-refractivity contribution in [1.82, 2.24) is 9.13 Å². The summed E-state index contributed by atoms with van der Waals surface area (Å²) in [7, 11) is 0. The first-order valence-corrected chi connectivity index (χ1v) is 23.1. The van der Waals surface area contributed by atoms with Crippen LogP contribution in [0.4, 0.5) is 0 Å². The molecule has 0 aliphatic heterocycles. The Morgan fingerprint density at radius 1 is 0.281 bits per heavy atom. The lowest BCUT2D eigenvalue weighted by molar-refractivity contribution is 0.944. The first-order chi connectivity index (χ1) is 31.7. The molecule has 2 nitrogen and oxygen atoms in total. The van der Waals surface area contributed by atoms with Crippen LogP contribution >= 0.6 is 0 Å². The third kappa shape index (κ3) is 4.75. The molecule has 0 N–H and O–H groups in total. The summed E-state index contributed by atoms with van der Waals surface area (Å²) in [5, 5.41) is 11.0. The average molecular weight is 815 g/mol. The molecule has 2 heteroatoms. The van der Waals surface area contributed by atoms with Crippen LogP contribution in [0.25, 0.3) is 110 Å². The second-order valence-corrected chi connectivity index (χ2v) is 18.5. The number of hydrogen-bond acceptors (Lipinski definition) is 0. The number of rotatable bonds is 4. The molecule has 0 unspecified atom stereocenters. The number of hydrogen-bond donors (Lipinski definition) is 0. The molecule has 0 amide bonds. The minimum absolute atomic E-state index is 0.985. The molecular weight excluding hydrogens is 773 g/mol. The van der Waals surface area contributed by atoms with E-state index in [1.54, 1.807) is 0 Å². The highest BCUT2D eigenvalue weighted by molar-refractivity contribution is 6.16. The van der Waals surface area contributed by atoms with Gasteiger partial charge in [0.1, 0.15) is 0 Å².